The molecule has 2 aromatic heterocycles. The molecule has 0 aliphatic rings. The van der Waals surface area contributed by atoms with Crippen LogP contribution in [0.15, 0.2) is 60.9 Å². The highest BCUT2D eigenvalue weighted by Crippen LogP contribution is 2.34. The lowest BCUT2D eigenvalue weighted by Crippen LogP contribution is -2.48. The predicted molar refractivity (Wildman–Crippen MR) is 131 cm³/mol. The first-order valence-electron chi connectivity index (χ1n) is 10.3. The molecule has 2 heterocycles. The number of aromatic nitrogens is 2. The second-order valence-corrected chi connectivity index (χ2v) is 9.69. The average molecular weight is 466 g/mol. The van der Waals surface area contributed by atoms with E-state index in [1.807, 2.05) is 19.1 Å². The summed E-state index contributed by atoms with van der Waals surface area (Å²) in [7, 11) is 0. The Kier molecular flexibility index (Phi) is 6.17. The number of fused-ring (bicyclic) bond motifs is 1. The third-order valence-electron chi connectivity index (χ3n) is 5.06. The van der Waals surface area contributed by atoms with Gasteiger partial charge in [-0.15, -0.1) is 0 Å². The highest BCUT2D eigenvalue weighted by Gasteiger charge is 2.36. The van der Waals surface area contributed by atoms with Gasteiger partial charge in [0.25, 0.3) is 5.91 Å². The maximum atomic E-state index is 13.8. The van der Waals surface area contributed by atoms with Gasteiger partial charge in [-0.1, -0.05) is 35.1 Å². The van der Waals surface area contributed by atoms with Gasteiger partial charge in [0, 0.05) is 17.4 Å². The second kappa shape index (κ2) is 8.88. The highest BCUT2D eigenvalue weighted by atomic mass is 35.5. The summed E-state index contributed by atoms with van der Waals surface area (Å²) < 4.78 is 7.14. The van der Waals surface area contributed by atoms with E-state index in [9.17, 15) is 4.79 Å². The molecule has 0 bridgehead atoms. The van der Waals surface area contributed by atoms with Crippen molar-refractivity contribution in [1.82, 2.24) is 9.97 Å². The smallest absolute Gasteiger partial charge is 0.272 e. The zero-order valence-electron chi connectivity index (χ0n) is 18.4. The first-order chi connectivity index (χ1) is 15.2. The lowest BCUT2D eigenvalue weighted by molar-refractivity contribution is -0.131. The van der Waals surface area contributed by atoms with Gasteiger partial charge in [0.15, 0.2) is 10.7 Å². The number of anilines is 1. The number of carbonyl (C=O) groups excluding carboxylic acids is 1. The number of rotatable bonds is 6. The summed E-state index contributed by atoms with van der Waals surface area (Å²) in [6, 6.07) is 15.0. The monoisotopic (exact) mass is 465 g/mol. The Morgan fingerprint density at radius 3 is 2.59 bits per heavy atom. The minimum atomic E-state index is -1.13. The van der Waals surface area contributed by atoms with E-state index in [0.717, 1.165) is 21.3 Å². The summed E-state index contributed by atoms with van der Waals surface area (Å²) in [6.45, 7) is 7.98. The Balaban J connectivity index is 1.72. The Morgan fingerprint density at radius 1 is 1.16 bits per heavy atom. The second-order valence-electron chi connectivity index (χ2n) is 8.24. The lowest BCUT2D eigenvalue weighted by Gasteiger charge is -2.31. The van der Waals surface area contributed by atoms with Gasteiger partial charge >= 0.3 is 0 Å². The molecule has 0 spiro atoms. The SMILES string of the molecule is Cc1cc(C)c2nc(N(Cc3cccnc3)C(=O)C(C)(C)Oc3ccc(Cl)cc3)sc2c1. The zero-order valence-corrected chi connectivity index (χ0v) is 20.0. The van der Waals surface area contributed by atoms with Crippen molar-refractivity contribution in [3.05, 3.63) is 82.6 Å². The summed E-state index contributed by atoms with van der Waals surface area (Å²) in [4.78, 5) is 24.5. The van der Waals surface area contributed by atoms with Gasteiger partial charge < -0.3 is 4.74 Å². The number of hydrogen-bond donors (Lipinski definition) is 0. The standard InChI is InChI=1S/C25H24ClN3O2S/c1-16-12-17(2)22-21(13-16)32-24(28-22)29(15-18-6-5-11-27-14-18)23(30)25(3,4)31-20-9-7-19(26)8-10-20/h5-14H,15H2,1-4H3. The summed E-state index contributed by atoms with van der Waals surface area (Å²) in [5.41, 5.74) is 2.96. The van der Waals surface area contributed by atoms with E-state index < -0.39 is 5.60 Å². The van der Waals surface area contributed by atoms with Crippen LogP contribution in [0.4, 0.5) is 5.13 Å². The van der Waals surface area contributed by atoms with Crippen molar-refractivity contribution in [2.75, 3.05) is 4.90 Å². The van der Waals surface area contributed by atoms with E-state index in [-0.39, 0.29) is 5.91 Å². The van der Waals surface area contributed by atoms with Crippen molar-refractivity contribution in [3.63, 3.8) is 0 Å². The number of nitrogens with zero attached hydrogens (tertiary/aromatic N) is 3. The van der Waals surface area contributed by atoms with Crippen molar-refractivity contribution in [3.8, 4) is 5.75 Å². The number of benzene rings is 2. The molecule has 0 saturated heterocycles. The fourth-order valence-electron chi connectivity index (χ4n) is 3.54. The molecule has 5 nitrogen and oxygen atoms in total. The van der Waals surface area contributed by atoms with Gasteiger partial charge in [-0.05, 0) is 80.8 Å². The molecular formula is C25H24ClN3O2S. The van der Waals surface area contributed by atoms with Gasteiger partial charge in [-0.2, -0.15) is 0 Å². The van der Waals surface area contributed by atoms with E-state index in [1.165, 1.54) is 16.9 Å². The van der Waals surface area contributed by atoms with Crippen molar-refractivity contribution in [2.24, 2.45) is 0 Å². The van der Waals surface area contributed by atoms with Crippen molar-refractivity contribution in [2.45, 2.75) is 39.8 Å². The first kappa shape index (κ1) is 22.2. The Labute approximate surface area is 196 Å². The molecule has 0 fully saturated rings. The summed E-state index contributed by atoms with van der Waals surface area (Å²) in [5, 5.41) is 1.25. The Bertz CT molecular complexity index is 1250. The van der Waals surface area contributed by atoms with Crippen molar-refractivity contribution >= 4 is 44.2 Å². The molecule has 0 saturated carbocycles. The normalized spacial score (nSPS) is 11.5. The topological polar surface area (TPSA) is 55.3 Å². The maximum Gasteiger partial charge on any atom is 0.272 e. The van der Waals surface area contributed by atoms with Gasteiger partial charge in [0.05, 0.1) is 16.8 Å². The van der Waals surface area contributed by atoms with E-state index >= 15 is 0 Å². The van der Waals surface area contributed by atoms with E-state index in [2.05, 4.69) is 24.0 Å². The molecule has 0 N–H and O–H groups in total. The van der Waals surface area contributed by atoms with Crippen LogP contribution in [0.1, 0.15) is 30.5 Å². The molecule has 0 aliphatic heterocycles. The fraction of sp³-hybridized carbons (Fsp3) is 0.240. The molecule has 2 aromatic carbocycles. The first-order valence-corrected chi connectivity index (χ1v) is 11.5. The quantitative estimate of drug-likeness (QED) is 0.333. The fourth-order valence-corrected chi connectivity index (χ4v) is 4.81. The molecule has 4 aromatic rings. The predicted octanol–water partition coefficient (Wildman–Crippen LogP) is 6.35. The molecular weight excluding hydrogens is 442 g/mol. The van der Waals surface area contributed by atoms with Gasteiger partial charge in [-0.3, -0.25) is 14.7 Å². The third-order valence-corrected chi connectivity index (χ3v) is 6.34. The van der Waals surface area contributed by atoms with Crippen LogP contribution in [0, 0.1) is 13.8 Å². The van der Waals surface area contributed by atoms with E-state index in [4.69, 9.17) is 21.3 Å². The van der Waals surface area contributed by atoms with Crippen LogP contribution in [0.5, 0.6) is 5.75 Å². The number of amides is 1. The Hall–Kier alpha value is -2.96. The maximum absolute atomic E-state index is 13.8. The summed E-state index contributed by atoms with van der Waals surface area (Å²) in [6.07, 6.45) is 3.48. The minimum absolute atomic E-state index is 0.190. The van der Waals surface area contributed by atoms with Crippen LogP contribution < -0.4 is 9.64 Å². The van der Waals surface area contributed by atoms with Crippen LogP contribution >= 0.6 is 22.9 Å². The molecule has 32 heavy (non-hydrogen) atoms. The van der Waals surface area contributed by atoms with Crippen LogP contribution in [0.25, 0.3) is 10.2 Å². The van der Waals surface area contributed by atoms with Crippen LogP contribution in [-0.4, -0.2) is 21.5 Å². The van der Waals surface area contributed by atoms with Crippen LogP contribution in [0.2, 0.25) is 5.02 Å². The van der Waals surface area contributed by atoms with Crippen LogP contribution in [-0.2, 0) is 11.3 Å². The number of carbonyl (C=O) groups is 1. The number of halogens is 1. The number of thiazole rings is 1. The van der Waals surface area contributed by atoms with Crippen molar-refractivity contribution in [1.29, 1.82) is 0 Å². The van der Waals surface area contributed by atoms with E-state index in [0.29, 0.717) is 22.4 Å². The molecule has 0 atom stereocenters. The molecule has 7 heteroatoms. The molecule has 0 aliphatic carbocycles. The number of hydrogen-bond acceptors (Lipinski definition) is 5. The average Bonchev–Trinajstić information content (AvgIpc) is 3.18. The molecule has 4 rings (SSSR count). The number of pyridine rings is 1. The minimum Gasteiger partial charge on any atom is -0.478 e. The van der Waals surface area contributed by atoms with Crippen molar-refractivity contribution < 1.29 is 9.53 Å². The van der Waals surface area contributed by atoms with Crippen LogP contribution in [0.3, 0.4) is 0 Å². The van der Waals surface area contributed by atoms with Gasteiger partial charge in [0.2, 0.25) is 0 Å². The summed E-state index contributed by atoms with van der Waals surface area (Å²) >= 11 is 7.49. The Morgan fingerprint density at radius 2 is 1.91 bits per heavy atom. The zero-order chi connectivity index (χ0) is 22.9. The van der Waals surface area contributed by atoms with Gasteiger partial charge in [0.1, 0.15) is 5.75 Å². The molecule has 164 valence electrons. The van der Waals surface area contributed by atoms with Gasteiger partial charge in [-0.25, -0.2) is 4.98 Å². The number of aryl methyl sites for hydroxylation is 2. The molecule has 0 radical (unpaired) electrons. The largest absolute Gasteiger partial charge is 0.478 e. The highest BCUT2D eigenvalue weighted by molar-refractivity contribution is 7.22. The molecule has 0 unspecified atom stereocenters. The number of ether oxygens (including phenoxy) is 1. The molecule has 1 amide bonds. The lowest BCUT2D eigenvalue weighted by atomic mass is 10.1. The third kappa shape index (κ3) is 4.76. The summed E-state index contributed by atoms with van der Waals surface area (Å²) in [5.74, 6) is 0.384. The van der Waals surface area contributed by atoms with E-state index in [1.54, 1.807) is 55.4 Å².